The smallest absolute Gasteiger partial charge is 0.408 e. The fraction of sp³-hybridized carbons (Fsp3) is 0.714. The SMILES string of the molecule is C=CCCCCC[C@H](NC(=O)OC(C)(C)C)C(=O)N1C[C@@H](O)C[C@H]1C(=O)C[C@]1(C(=O)OCC)CC1C=C. The van der Waals surface area contributed by atoms with E-state index in [0.717, 1.165) is 19.3 Å². The molecule has 0 bridgehead atoms. The number of nitrogens with one attached hydrogen (secondary N) is 1. The van der Waals surface area contributed by atoms with Crippen LogP contribution in [0, 0.1) is 11.3 Å². The number of aliphatic hydroxyl groups is 1. The molecule has 0 aromatic carbocycles. The molecule has 2 rings (SSSR count). The Balaban J connectivity index is 2.17. The van der Waals surface area contributed by atoms with E-state index in [2.05, 4.69) is 18.5 Å². The maximum Gasteiger partial charge on any atom is 0.408 e. The summed E-state index contributed by atoms with van der Waals surface area (Å²) in [5.41, 5.74) is -1.70. The molecule has 0 aromatic rings. The first-order valence-corrected chi connectivity index (χ1v) is 13.3. The number of amides is 2. The van der Waals surface area contributed by atoms with Crippen molar-refractivity contribution in [1.29, 1.82) is 0 Å². The summed E-state index contributed by atoms with van der Waals surface area (Å²) in [6.45, 7) is 14.6. The van der Waals surface area contributed by atoms with Crippen molar-refractivity contribution in [2.45, 2.75) is 103 Å². The van der Waals surface area contributed by atoms with Crippen molar-refractivity contribution in [3.05, 3.63) is 25.3 Å². The third kappa shape index (κ3) is 8.42. The summed E-state index contributed by atoms with van der Waals surface area (Å²) in [4.78, 5) is 53.6. The molecule has 2 fully saturated rings. The molecule has 0 aromatic heterocycles. The van der Waals surface area contributed by atoms with Gasteiger partial charge in [-0.1, -0.05) is 25.0 Å². The summed E-state index contributed by atoms with van der Waals surface area (Å²) in [7, 11) is 0. The summed E-state index contributed by atoms with van der Waals surface area (Å²) in [5, 5.41) is 13.1. The van der Waals surface area contributed by atoms with Gasteiger partial charge in [0.05, 0.1) is 24.2 Å². The molecule has 2 aliphatic rings. The molecule has 1 unspecified atom stereocenters. The number of unbranched alkanes of at least 4 members (excludes halogenated alkanes) is 3. The van der Waals surface area contributed by atoms with Gasteiger partial charge in [-0.15, -0.1) is 13.2 Å². The monoisotopic (exact) mass is 520 g/mol. The Labute approximate surface area is 220 Å². The van der Waals surface area contributed by atoms with Crippen LogP contribution in [0.2, 0.25) is 0 Å². The zero-order valence-electron chi connectivity index (χ0n) is 22.8. The number of ketones is 1. The topological polar surface area (TPSA) is 122 Å². The number of nitrogens with zero attached hydrogens (tertiary/aromatic N) is 1. The molecule has 9 nitrogen and oxygen atoms in total. The minimum absolute atomic E-state index is 0.0184. The Kier molecular flexibility index (Phi) is 10.9. The van der Waals surface area contributed by atoms with Crippen molar-refractivity contribution < 1.29 is 33.8 Å². The summed E-state index contributed by atoms with van der Waals surface area (Å²) >= 11 is 0. The van der Waals surface area contributed by atoms with Crippen LogP contribution in [0.5, 0.6) is 0 Å². The highest BCUT2D eigenvalue weighted by molar-refractivity contribution is 5.96. The van der Waals surface area contributed by atoms with Crippen molar-refractivity contribution in [2.75, 3.05) is 13.2 Å². The molecule has 1 saturated carbocycles. The first-order chi connectivity index (χ1) is 17.4. The van der Waals surface area contributed by atoms with Crippen LogP contribution in [-0.4, -0.2) is 70.7 Å². The zero-order chi connectivity index (χ0) is 27.8. The zero-order valence-corrected chi connectivity index (χ0v) is 22.8. The minimum atomic E-state index is -0.962. The number of ether oxygens (including phenoxy) is 2. The van der Waals surface area contributed by atoms with E-state index >= 15 is 0 Å². The molecule has 0 radical (unpaired) electrons. The predicted octanol–water partition coefficient (Wildman–Crippen LogP) is 3.69. The minimum Gasteiger partial charge on any atom is -0.466 e. The van der Waals surface area contributed by atoms with E-state index in [9.17, 15) is 24.3 Å². The van der Waals surface area contributed by atoms with Crippen molar-refractivity contribution in [2.24, 2.45) is 11.3 Å². The van der Waals surface area contributed by atoms with Gasteiger partial charge in [-0.3, -0.25) is 14.4 Å². The van der Waals surface area contributed by atoms with Gasteiger partial charge in [0, 0.05) is 19.4 Å². The standard InChI is InChI=1S/C28H44N2O7/c1-7-10-11-12-13-14-21(29-26(35)37-27(4,5)6)24(33)30-18-20(31)15-22(30)23(32)17-28(16-19(28)8-2)25(34)36-9-3/h7-8,19-22,31H,1-2,9-18H2,3-6H3,(H,29,35)/t19?,20-,21-,22-,28+/m0/s1. The second-order valence-corrected chi connectivity index (χ2v) is 11.1. The number of hydrogen-bond acceptors (Lipinski definition) is 7. The number of allylic oxidation sites excluding steroid dienone is 2. The molecule has 37 heavy (non-hydrogen) atoms. The molecule has 1 saturated heterocycles. The maximum atomic E-state index is 13.6. The molecule has 2 amide bonds. The van der Waals surface area contributed by atoms with E-state index < -0.39 is 47.2 Å². The van der Waals surface area contributed by atoms with E-state index in [1.165, 1.54) is 4.90 Å². The number of likely N-dealkylation sites (tertiary alicyclic amines) is 1. The van der Waals surface area contributed by atoms with Gasteiger partial charge in [-0.05, 0) is 59.3 Å². The lowest BCUT2D eigenvalue weighted by molar-refractivity contribution is -0.152. The third-order valence-corrected chi connectivity index (χ3v) is 6.91. The number of aliphatic hydroxyl groups excluding tert-OH is 1. The number of β-amino-alcohol motifs (C(OH)–C–C–N with tert-alkyl or cyclic N) is 1. The second-order valence-electron chi connectivity index (χ2n) is 11.1. The number of carbonyl (C=O) groups excluding carboxylic acids is 4. The molecular formula is C28H44N2O7. The second kappa shape index (κ2) is 13.2. The van der Waals surface area contributed by atoms with Gasteiger partial charge < -0.3 is 24.8 Å². The maximum absolute atomic E-state index is 13.6. The number of alkyl carbamates (subject to hydrolysis) is 1. The number of Topliss-reactive ketones (excluding diaryl/α,β-unsaturated/α-hetero) is 1. The molecule has 1 aliphatic heterocycles. The van der Waals surface area contributed by atoms with Crippen LogP contribution in [0.4, 0.5) is 4.79 Å². The first kappa shape index (κ1) is 30.5. The highest BCUT2D eigenvalue weighted by atomic mass is 16.6. The van der Waals surface area contributed by atoms with Crippen LogP contribution in [0.25, 0.3) is 0 Å². The molecular weight excluding hydrogens is 476 g/mol. The highest BCUT2D eigenvalue weighted by Crippen LogP contribution is 2.57. The predicted molar refractivity (Wildman–Crippen MR) is 140 cm³/mol. The molecule has 5 atom stereocenters. The van der Waals surface area contributed by atoms with Gasteiger partial charge in [0.1, 0.15) is 11.6 Å². The van der Waals surface area contributed by atoms with Crippen LogP contribution in [0.1, 0.15) is 79.1 Å². The van der Waals surface area contributed by atoms with Gasteiger partial charge in [0.25, 0.3) is 0 Å². The lowest BCUT2D eigenvalue weighted by Crippen LogP contribution is -2.52. The Morgan fingerprint density at radius 1 is 1.19 bits per heavy atom. The number of rotatable bonds is 14. The molecule has 1 heterocycles. The van der Waals surface area contributed by atoms with Crippen LogP contribution >= 0.6 is 0 Å². The fourth-order valence-electron chi connectivity index (χ4n) is 4.94. The van der Waals surface area contributed by atoms with Gasteiger partial charge in [0.2, 0.25) is 5.91 Å². The van der Waals surface area contributed by atoms with E-state index in [-0.39, 0.29) is 37.7 Å². The summed E-state index contributed by atoms with van der Waals surface area (Å²) < 4.78 is 10.6. The van der Waals surface area contributed by atoms with Crippen LogP contribution < -0.4 is 5.32 Å². The van der Waals surface area contributed by atoms with Gasteiger partial charge in [-0.2, -0.15) is 0 Å². The lowest BCUT2D eigenvalue weighted by atomic mass is 9.92. The van der Waals surface area contributed by atoms with E-state index in [1.807, 2.05) is 6.08 Å². The normalized spacial score (nSPS) is 25.6. The highest BCUT2D eigenvalue weighted by Gasteiger charge is 2.61. The van der Waals surface area contributed by atoms with Crippen LogP contribution in [0.15, 0.2) is 25.3 Å². The van der Waals surface area contributed by atoms with E-state index in [4.69, 9.17) is 9.47 Å². The summed E-state index contributed by atoms with van der Waals surface area (Å²) in [5.74, 6) is -1.34. The quantitative estimate of drug-likeness (QED) is 0.203. The number of esters is 1. The first-order valence-electron chi connectivity index (χ1n) is 13.3. The average Bonchev–Trinajstić information content (AvgIpc) is 3.39. The van der Waals surface area contributed by atoms with Gasteiger partial charge in [-0.25, -0.2) is 4.79 Å². The van der Waals surface area contributed by atoms with E-state index in [0.29, 0.717) is 19.3 Å². The van der Waals surface area contributed by atoms with E-state index in [1.54, 1.807) is 33.8 Å². The molecule has 208 valence electrons. The lowest BCUT2D eigenvalue weighted by Gasteiger charge is -2.30. The fourth-order valence-corrected chi connectivity index (χ4v) is 4.94. The van der Waals surface area contributed by atoms with Gasteiger partial charge >= 0.3 is 12.1 Å². The Morgan fingerprint density at radius 2 is 1.89 bits per heavy atom. The third-order valence-electron chi connectivity index (χ3n) is 6.91. The van der Waals surface area contributed by atoms with Crippen LogP contribution in [-0.2, 0) is 23.9 Å². The Bertz CT molecular complexity index is 865. The Morgan fingerprint density at radius 3 is 2.46 bits per heavy atom. The van der Waals surface area contributed by atoms with Crippen LogP contribution in [0.3, 0.4) is 0 Å². The summed E-state index contributed by atoms with van der Waals surface area (Å²) in [6, 6.07) is -1.79. The van der Waals surface area contributed by atoms with Gasteiger partial charge in [0.15, 0.2) is 5.78 Å². The molecule has 0 spiro atoms. The van der Waals surface area contributed by atoms with Crippen molar-refractivity contribution in [3.8, 4) is 0 Å². The number of carbonyl (C=O) groups is 4. The van der Waals surface area contributed by atoms with Crippen molar-refractivity contribution in [1.82, 2.24) is 10.2 Å². The number of hydrogen-bond donors (Lipinski definition) is 2. The Hall–Kier alpha value is -2.68. The van der Waals surface area contributed by atoms with Crippen molar-refractivity contribution >= 4 is 23.8 Å². The average molecular weight is 521 g/mol. The molecule has 2 N–H and O–H groups in total. The van der Waals surface area contributed by atoms with Crippen molar-refractivity contribution in [3.63, 3.8) is 0 Å². The molecule has 9 heteroatoms. The molecule has 1 aliphatic carbocycles. The summed E-state index contributed by atoms with van der Waals surface area (Å²) in [6.07, 6.45) is 6.05. The largest absolute Gasteiger partial charge is 0.466 e.